The van der Waals surface area contributed by atoms with Crippen molar-refractivity contribution in [2.45, 2.75) is 19.0 Å². The van der Waals surface area contributed by atoms with Crippen LogP contribution in [0.25, 0.3) is 0 Å². The van der Waals surface area contributed by atoms with Gasteiger partial charge in [0, 0.05) is 5.41 Å². The molecule has 1 aromatic carbocycles. The van der Waals surface area contributed by atoms with E-state index in [1.54, 1.807) is 6.07 Å². The summed E-state index contributed by atoms with van der Waals surface area (Å²) in [7, 11) is 0. The smallest absolute Gasteiger partial charge is 0.419 e. The van der Waals surface area contributed by atoms with Crippen LogP contribution in [-0.4, -0.2) is 12.4 Å². The van der Waals surface area contributed by atoms with E-state index >= 15 is 0 Å². The third-order valence-corrected chi connectivity index (χ3v) is 3.69. The van der Waals surface area contributed by atoms with Crippen LogP contribution in [0.4, 0.5) is 13.2 Å². The molecule has 0 amide bonds. The second kappa shape index (κ2) is 4.44. The lowest BCUT2D eigenvalue weighted by atomic mass is 10.1. The Kier molecular flexibility index (Phi) is 3.30. The molecule has 1 saturated carbocycles. The van der Waals surface area contributed by atoms with Crippen molar-refractivity contribution in [3.63, 3.8) is 0 Å². The van der Waals surface area contributed by atoms with Gasteiger partial charge in [-0.1, -0.05) is 12.1 Å². The van der Waals surface area contributed by atoms with Gasteiger partial charge in [0.25, 0.3) is 0 Å². The lowest BCUT2D eigenvalue weighted by molar-refractivity contribution is -0.139. The highest BCUT2D eigenvalue weighted by atomic mass is 32.1. The van der Waals surface area contributed by atoms with Crippen molar-refractivity contribution >= 4 is 12.6 Å². The monoisotopic (exact) mass is 262 g/mol. The Morgan fingerprint density at radius 1 is 1.24 bits per heavy atom. The Labute approximate surface area is 103 Å². The van der Waals surface area contributed by atoms with E-state index in [-0.39, 0.29) is 11.2 Å². The van der Waals surface area contributed by atoms with E-state index in [2.05, 4.69) is 12.6 Å². The van der Waals surface area contributed by atoms with Crippen LogP contribution >= 0.6 is 12.6 Å². The van der Waals surface area contributed by atoms with Crippen molar-refractivity contribution in [3.05, 3.63) is 29.8 Å². The van der Waals surface area contributed by atoms with Gasteiger partial charge < -0.3 is 4.74 Å². The van der Waals surface area contributed by atoms with E-state index in [0.29, 0.717) is 12.4 Å². The molecule has 0 radical (unpaired) electrons. The van der Waals surface area contributed by atoms with Gasteiger partial charge in [-0.15, -0.1) is 0 Å². The first-order valence-corrected chi connectivity index (χ1v) is 6.00. The average Bonchev–Trinajstić information content (AvgIpc) is 3.06. The van der Waals surface area contributed by atoms with Crippen LogP contribution in [0.2, 0.25) is 0 Å². The highest BCUT2D eigenvalue weighted by Gasteiger charge is 2.43. The Hall–Kier alpha value is -0.840. The zero-order chi connectivity index (χ0) is 12.5. The molecule has 0 atom stereocenters. The Bertz CT molecular complexity index is 399. The molecule has 2 rings (SSSR count). The van der Waals surface area contributed by atoms with Gasteiger partial charge in [-0.05, 0) is 30.7 Å². The minimum atomic E-state index is -4.37. The summed E-state index contributed by atoms with van der Waals surface area (Å²) < 4.78 is 43.3. The first-order chi connectivity index (χ1) is 7.97. The molecule has 0 aliphatic heterocycles. The van der Waals surface area contributed by atoms with Crippen LogP contribution in [0.3, 0.4) is 0 Å². The molecular weight excluding hydrogens is 249 g/mol. The van der Waals surface area contributed by atoms with Gasteiger partial charge in [-0.2, -0.15) is 25.8 Å². The van der Waals surface area contributed by atoms with E-state index in [1.165, 1.54) is 12.1 Å². The number of halogens is 3. The summed E-state index contributed by atoms with van der Waals surface area (Å²) in [6, 6.07) is 5.30. The van der Waals surface area contributed by atoms with Crippen LogP contribution in [-0.2, 0) is 6.18 Å². The molecule has 0 spiro atoms. The van der Waals surface area contributed by atoms with Crippen LogP contribution < -0.4 is 4.74 Å². The van der Waals surface area contributed by atoms with E-state index in [0.717, 1.165) is 18.9 Å². The summed E-state index contributed by atoms with van der Waals surface area (Å²) in [6.45, 7) is 0.309. The van der Waals surface area contributed by atoms with Gasteiger partial charge in [0.15, 0.2) is 0 Å². The number of benzene rings is 1. The van der Waals surface area contributed by atoms with E-state index in [9.17, 15) is 13.2 Å². The molecule has 0 saturated heterocycles. The maximum Gasteiger partial charge on any atom is 0.419 e. The zero-order valence-electron chi connectivity index (χ0n) is 9.13. The minimum Gasteiger partial charge on any atom is -0.492 e. The second-order valence-corrected chi connectivity index (χ2v) is 4.76. The second-order valence-electron chi connectivity index (χ2n) is 4.44. The standard InChI is InChI=1S/C12H13F3OS/c13-12(14,15)9-3-1-2-4-10(9)16-7-11(8-17)5-6-11/h1-4,17H,5-8H2. The first kappa shape index (κ1) is 12.6. The molecule has 5 heteroatoms. The molecule has 0 aromatic heterocycles. The fourth-order valence-electron chi connectivity index (χ4n) is 1.58. The van der Waals surface area contributed by atoms with Crippen molar-refractivity contribution < 1.29 is 17.9 Å². The van der Waals surface area contributed by atoms with E-state index in [1.807, 2.05) is 0 Å². The van der Waals surface area contributed by atoms with Gasteiger partial charge in [-0.25, -0.2) is 0 Å². The quantitative estimate of drug-likeness (QED) is 0.812. The molecule has 1 aliphatic carbocycles. The number of thiol groups is 1. The van der Waals surface area contributed by atoms with Crippen molar-refractivity contribution in [1.82, 2.24) is 0 Å². The van der Waals surface area contributed by atoms with Gasteiger partial charge in [0.1, 0.15) is 5.75 Å². The van der Waals surface area contributed by atoms with Gasteiger partial charge >= 0.3 is 6.18 Å². The Morgan fingerprint density at radius 2 is 1.88 bits per heavy atom. The SMILES string of the molecule is FC(F)(F)c1ccccc1OCC1(CS)CC1. The number of hydrogen-bond acceptors (Lipinski definition) is 2. The van der Waals surface area contributed by atoms with Crippen LogP contribution in [0.5, 0.6) is 5.75 Å². The van der Waals surface area contributed by atoms with Crippen LogP contribution in [0, 0.1) is 5.41 Å². The summed E-state index contributed by atoms with van der Waals surface area (Å²) in [5, 5.41) is 0. The molecule has 1 aliphatic rings. The predicted octanol–water partition coefficient (Wildman–Crippen LogP) is 3.79. The highest BCUT2D eigenvalue weighted by molar-refractivity contribution is 7.80. The molecule has 0 heterocycles. The number of alkyl halides is 3. The fraction of sp³-hybridized carbons (Fsp3) is 0.500. The lowest BCUT2D eigenvalue weighted by Gasteiger charge is -2.17. The summed E-state index contributed by atoms with van der Waals surface area (Å²) in [6.07, 6.45) is -2.41. The van der Waals surface area contributed by atoms with Gasteiger partial charge in [0.2, 0.25) is 0 Å². The van der Waals surface area contributed by atoms with Crippen molar-refractivity contribution in [1.29, 1.82) is 0 Å². The molecule has 0 bridgehead atoms. The molecule has 1 nitrogen and oxygen atoms in total. The first-order valence-electron chi connectivity index (χ1n) is 5.37. The molecule has 1 aromatic rings. The largest absolute Gasteiger partial charge is 0.492 e. The van der Waals surface area contributed by atoms with Crippen LogP contribution in [0.1, 0.15) is 18.4 Å². The zero-order valence-corrected chi connectivity index (χ0v) is 10.0. The van der Waals surface area contributed by atoms with Crippen molar-refractivity contribution in [2.75, 3.05) is 12.4 Å². The Balaban J connectivity index is 2.10. The molecule has 17 heavy (non-hydrogen) atoms. The molecule has 1 fully saturated rings. The van der Waals surface area contributed by atoms with Crippen molar-refractivity contribution in [2.24, 2.45) is 5.41 Å². The van der Waals surface area contributed by atoms with Gasteiger partial charge in [0.05, 0.1) is 12.2 Å². The number of ether oxygens (including phenoxy) is 1. The maximum absolute atomic E-state index is 12.7. The lowest BCUT2D eigenvalue weighted by Crippen LogP contribution is -2.17. The summed E-state index contributed by atoms with van der Waals surface area (Å²) in [4.78, 5) is 0. The number of para-hydroxylation sites is 1. The third kappa shape index (κ3) is 2.89. The predicted molar refractivity (Wildman–Crippen MR) is 62.5 cm³/mol. The topological polar surface area (TPSA) is 9.23 Å². The van der Waals surface area contributed by atoms with E-state index in [4.69, 9.17) is 4.74 Å². The van der Waals surface area contributed by atoms with Crippen molar-refractivity contribution in [3.8, 4) is 5.75 Å². The van der Waals surface area contributed by atoms with E-state index < -0.39 is 11.7 Å². The number of hydrogen-bond donors (Lipinski definition) is 1. The average molecular weight is 262 g/mol. The maximum atomic E-state index is 12.7. The highest BCUT2D eigenvalue weighted by Crippen LogP contribution is 2.47. The number of rotatable bonds is 4. The molecule has 94 valence electrons. The molecule has 0 N–H and O–H groups in total. The molecule has 0 unspecified atom stereocenters. The molecular formula is C12H13F3OS. The summed E-state index contributed by atoms with van der Waals surface area (Å²) in [5.41, 5.74) is -0.725. The van der Waals surface area contributed by atoms with Gasteiger partial charge in [-0.3, -0.25) is 0 Å². The Morgan fingerprint density at radius 3 is 2.41 bits per heavy atom. The summed E-state index contributed by atoms with van der Waals surface area (Å²) >= 11 is 4.19. The normalized spacial score (nSPS) is 17.9. The fourth-order valence-corrected chi connectivity index (χ4v) is 1.99. The third-order valence-electron chi connectivity index (χ3n) is 3.02. The summed E-state index contributed by atoms with van der Waals surface area (Å²) in [5.74, 6) is 0.564. The minimum absolute atomic E-state index is 0.0121. The van der Waals surface area contributed by atoms with Crippen LogP contribution in [0.15, 0.2) is 24.3 Å².